The molecule has 1 rings (SSSR count). The van der Waals surface area contributed by atoms with Crippen molar-refractivity contribution in [2.24, 2.45) is 5.73 Å². The van der Waals surface area contributed by atoms with E-state index < -0.39 is 0 Å². The molecule has 0 aliphatic heterocycles. The molecule has 0 heterocycles. The molecule has 0 aliphatic carbocycles. The van der Waals surface area contributed by atoms with Crippen LogP contribution in [0.15, 0.2) is 18.2 Å². The average Bonchev–Trinajstić information content (AvgIpc) is 2.45. The van der Waals surface area contributed by atoms with Gasteiger partial charge in [0.15, 0.2) is 0 Å². The van der Waals surface area contributed by atoms with E-state index in [4.69, 9.17) is 15.2 Å². The largest absolute Gasteiger partial charge is 0.497 e. The zero-order chi connectivity index (χ0) is 14.1. The zero-order valence-electron chi connectivity index (χ0n) is 12.3. The van der Waals surface area contributed by atoms with Crippen LogP contribution < -0.4 is 15.2 Å². The van der Waals surface area contributed by atoms with E-state index in [1.807, 2.05) is 18.2 Å². The van der Waals surface area contributed by atoms with Gasteiger partial charge in [-0.2, -0.15) is 0 Å². The van der Waals surface area contributed by atoms with Crippen LogP contribution >= 0.6 is 0 Å². The van der Waals surface area contributed by atoms with E-state index in [0.29, 0.717) is 13.2 Å². The molecule has 0 aromatic heterocycles. The van der Waals surface area contributed by atoms with Crippen molar-refractivity contribution < 1.29 is 9.47 Å². The third-order valence-electron chi connectivity index (χ3n) is 3.25. The predicted octanol–water partition coefficient (Wildman–Crippen LogP) is 1.92. The Balaban J connectivity index is 2.63. The molecule has 108 valence electrons. The lowest BCUT2D eigenvalue weighted by Crippen LogP contribution is -2.28. The van der Waals surface area contributed by atoms with Gasteiger partial charge in [0.2, 0.25) is 0 Å². The van der Waals surface area contributed by atoms with Gasteiger partial charge >= 0.3 is 0 Å². The first kappa shape index (κ1) is 15.8. The van der Waals surface area contributed by atoms with Crippen LogP contribution in [0, 0.1) is 0 Å². The summed E-state index contributed by atoms with van der Waals surface area (Å²) in [6.45, 7) is 8.67. The second kappa shape index (κ2) is 8.77. The van der Waals surface area contributed by atoms with E-state index in [9.17, 15) is 0 Å². The monoisotopic (exact) mass is 266 g/mol. The van der Waals surface area contributed by atoms with Crippen molar-refractivity contribution in [3.8, 4) is 11.5 Å². The van der Waals surface area contributed by atoms with Gasteiger partial charge in [-0.1, -0.05) is 19.9 Å². The molecule has 0 saturated carbocycles. The first-order valence-electron chi connectivity index (χ1n) is 6.97. The Morgan fingerprint density at radius 3 is 2.53 bits per heavy atom. The quantitative estimate of drug-likeness (QED) is 0.742. The predicted molar refractivity (Wildman–Crippen MR) is 79.0 cm³/mol. The molecule has 0 unspecified atom stereocenters. The van der Waals surface area contributed by atoms with E-state index in [0.717, 1.165) is 43.1 Å². The summed E-state index contributed by atoms with van der Waals surface area (Å²) < 4.78 is 11.1. The minimum Gasteiger partial charge on any atom is -0.497 e. The van der Waals surface area contributed by atoms with Gasteiger partial charge in [-0.05, 0) is 37.7 Å². The average molecular weight is 266 g/mol. The number of likely N-dealkylation sites (N-methyl/N-ethyl adjacent to an activating group) is 1. The third kappa shape index (κ3) is 5.09. The van der Waals surface area contributed by atoms with Gasteiger partial charge in [0, 0.05) is 12.6 Å². The molecule has 0 aliphatic rings. The van der Waals surface area contributed by atoms with Crippen molar-refractivity contribution >= 4 is 0 Å². The minimum atomic E-state index is 0.624. The number of ether oxygens (including phenoxy) is 2. The molecule has 0 radical (unpaired) electrons. The van der Waals surface area contributed by atoms with Crippen LogP contribution in [0.25, 0.3) is 0 Å². The van der Waals surface area contributed by atoms with Crippen molar-refractivity contribution in [1.29, 1.82) is 0 Å². The first-order valence-corrected chi connectivity index (χ1v) is 6.97. The maximum atomic E-state index is 5.89. The highest BCUT2D eigenvalue weighted by molar-refractivity contribution is 5.41. The molecule has 1 aromatic carbocycles. The third-order valence-corrected chi connectivity index (χ3v) is 3.25. The maximum Gasteiger partial charge on any atom is 0.126 e. The van der Waals surface area contributed by atoms with Gasteiger partial charge in [0.25, 0.3) is 0 Å². The van der Waals surface area contributed by atoms with Crippen LogP contribution in [0.4, 0.5) is 0 Å². The summed E-state index contributed by atoms with van der Waals surface area (Å²) >= 11 is 0. The lowest BCUT2D eigenvalue weighted by Gasteiger charge is -2.19. The zero-order valence-corrected chi connectivity index (χ0v) is 12.3. The standard InChI is InChI=1S/C15H26N2O2/c1-4-17(5-2)10-11-19-15-12-14(18-3)7-6-13(15)8-9-16/h6-7,12H,4-5,8-11,16H2,1-3H3. The van der Waals surface area contributed by atoms with Gasteiger partial charge in [-0.15, -0.1) is 0 Å². The van der Waals surface area contributed by atoms with Crippen molar-refractivity contribution in [1.82, 2.24) is 4.90 Å². The van der Waals surface area contributed by atoms with Crippen LogP contribution in [-0.2, 0) is 6.42 Å². The molecular weight excluding hydrogens is 240 g/mol. The van der Waals surface area contributed by atoms with Crippen molar-refractivity contribution in [2.45, 2.75) is 20.3 Å². The van der Waals surface area contributed by atoms with Crippen LogP contribution in [0.3, 0.4) is 0 Å². The van der Waals surface area contributed by atoms with Crippen LogP contribution in [0.1, 0.15) is 19.4 Å². The van der Waals surface area contributed by atoms with Crippen molar-refractivity contribution in [3.05, 3.63) is 23.8 Å². The Hall–Kier alpha value is -1.26. The van der Waals surface area contributed by atoms with E-state index in [2.05, 4.69) is 18.7 Å². The van der Waals surface area contributed by atoms with Gasteiger partial charge in [-0.25, -0.2) is 0 Å². The second-order valence-corrected chi connectivity index (χ2v) is 4.39. The molecule has 2 N–H and O–H groups in total. The lowest BCUT2D eigenvalue weighted by atomic mass is 10.1. The summed E-state index contributed by atoms with van der Waals surface area (Å²) in [5, 5.41) is 0. The molecule has 0 fully saturated rings. The van der Waals surface area contributed by atoms with Crippen molar-refractivity contribution in [2.75, 3.05) is 39.9 Å². The normalized spacial score (nSPS) is 10.8. The number of hydrogen-bond donors (Lipinski definition) is 1. The Labute approximate surface area is 116 Å². The first-order chi connectivity index (χ1) is 9.24. The molecule has 4 heteroatoms. The summed E-state index contributed by atoms with van der Waals surface area (Å²) in [4.78, 5) is 2.34. The Morgan fingerprint density at radius 1 is 1.21 bits per heavy atom. The minimum absolute atomic E-state index is 0.624. The Bertz CT molecular complexity index is 365. The molecule has 0 spiro atoms. The van der Waals surface area contributed by atoms with Gasteiger partial charge in [0.1, 0.15) is 18.1 Å². The summed E-state index contributed by atoms with van der Waals surface area (Å²) in [6.07, 6.45) is 0.824. The smallest absolute Gasteiger partial charge is 0.126 e. The van der Waals surface area contributed by atoms with E-state index in [1.165, 1.54) is 0 Å². The van der Waals surface area contributed by atoms with E-state index in [1.54, 1.807) is 7.11 Å². The van der Waals surface area contributed by atoms with Gasteiger partial charge in [-0.3, -0.25) is 0 Å². The van der Waals surface area contributed by atoms with Crippen LogP contribution in [0.5, 0.6) is 11.5 Å². The second-order valence-electron chi connectivity index (χ2n) is 4.39. The fourth-order valence-electron chi connectivity index (χ4n) is 1.98. The fraction of sp³-hybridized carbons (Fsp3) is 0.600. The summed E-state index contributed by atoms with van der Waals surface area (Å²) in [6, 6.07) is 5.91. The van der Waals surface area contributed by atoms with Gasteiger partial charge in [0.05, 0.1) is 7.11 Å². The molecule has 0 atom stereocenters. The summed E-state index contributed by atoms with van der Waals surface area (Å²) in [5.74, 6) is 1.70. The number of rotatable bonds is 9. The number of benzene rings is 1. The van der Waals surface area contributed by atoms with Gasteiger partial charge < -0.3 is 20.1 Å². The maximum absolute atomic E-state index is 5.89. The lowest BCUT2D eigenvalue weighted by molar-refractivity contribution is 0.221. The van der Waals surface area contributed by atoms with E-state index in [-0.39, 0.29) is 0 Å². The molecule has 0 bridgehead atoms. The molecule has 0 amide bonds. The van der Waals surface area contributed by atoms with Crippen molar-refractivity contribution in [3.63, 3.8) is 0 Å². The summed E-state index contributed by atoms with van der Waals surface area (Å²) in [5.41, 5.74) is 6.77. The Kier molecular flexibility index (Phi) is 7.30. The highest BCUT2D eigenvalue weighted by Gasteiger charge is 2.06. The molecule has 4 nitrogen and oxygen atoms in total. The highest BCUT2D eigenvalue weighted by atomic mass is 16.5. The number of hydrogen-bond acceptors (Lipinski definition) is 4. The molecular formula is C15H26N2O2. The number of nitrogens with zero attached hydrogens (tertiary/aromatic N) is 1. The molecule has 19 heavy (non-hydrogen) atoms. The number of nitrogens with two attached hydrogens (primary N) is 1. The van der Waals surface area contributed by atoms with Crippen LogP contribution in [0.2, 0.25) is 0 Å². The van der Waals surface area contributed by atoms with Crippen LogP contribution in [-0.4, -0.2) is 44.8 Å². The molecule has 1 aromatic rings. The summed E-state index contributed by atoms with van der Waals surface area (Å²) in [7, 11) is 1.66. The fourth-order valence-corrected chi connectivity index (χ4v) is 1.98. The molecule has 0 saturated heterocycles. The SMILES string of the molecule is CCN(CC)CCOc1cc(OC)ccc1CCN. The number of methoxy groups -OCH3 is 1. The Morgan fingerprint density at radius 2 is 1.95 bits per heavy atom. The highest BCUT2D eigenvalue weighted by Crippen LogP contribution is 2.25. The van der Waals surface area contributed by atoms with E-state index >= 15 is 0 Å². The topological polar surface area (TPSA) is 47.7 Å².